The smallest absolute Gasteiger partial charge is 0.261 e. The second-order valence-corrected chi connectivity index (χ2v) is 9.56. The van der Waals surface area contributed by atoms with Crippen molar-refractivity contribution in [2.24, 2.45) is 0 Å². The van der Waals surface area contributed by atoms with E-state index < -0.39 is 10.0 Å². The molecule has 3 aromatic carbocycles. The second-order valence-electron chi connectivity index (χ2n) is 7.88. The van der Waals surface area contributed by atoms with Gasteiger partial charge < -0.3 is 28.6 Å². The first-order valence-electron chi connectivity index (χ1n) is 11.1. The lowest BCUT2D eigenvalue weighted by Crippen LogP contribution is -2.31. The van der Waals surface area contributed by atoms with Crippen LogP contribution in [0.1, 0.15) is 5.56 Å². The fourth-order valence-corrected chi connectivity index (χ4v) is 4.51. The number of anilines is 1. The maximum atomic E-state index is 12.7. The van der Waals surface area contributed by atoms with Crippen molar-refractivity contribution >= 4 is 21.6 Å². The molecule has 0 aromatic heterocycles. The molecule has 0 spiro atoms. The van der Waals surface area contributed by atoms with Gasteiger partial charge in [-0.15, -0.1) is 0 Å². The van der Waals surface area contributed by atoms with E-state index in [0.717, 1.165) is 5.56 Å². The molecule has 1 N–H and O–H groups in total. The monoisotopic (exact) mass is 530 g/mol. The summed E-state index contributed by atoms with van der Waals surface area (Å²) >= 11 is 0. The van der Waals surface area contributed by atoms with E-state index in [-0.39, 0.29) is 24.0 Å². The lowest BCUT2D eigenvalue weighted by Gasteiger charge is -2.20. The third kappa shape index (κ3) is 6.98. The number of benzene rings is 3. The minimum absolute atomic E-state index is 0.0496. The number of sulfonamides is 1. The summed E-state index contributed by atoms with van der Waals surface area (Å²) in [6.45, 7) is 0.0567. The second kappa shape index (κ2) is 12.2. The largest absolute Gasteiger partial charge is 0.497 e. The van der Waals surface area contributed by atoms with Gasteiger partial charge in [0.2, 0.25) is 5.75 Å². The Labute approximate surface area is 216 Å². The number of amides is 1. The topological polar surface area (TPSA) is 113 Å². The van der Waals surface area contributed by atoms with Crippen LogP contribution in [0, 0.1) is 0 Å². The number of likely N-dealkylation sites (N-methyl/N-ethyl adjacent to an activating group) is 1. The van der Waals surface area contributed by atoms with Crippen LogP contribution in [0.3, 0.4) is 0 Å². The highest BCUT2D eigenvalue weighted by molar-refractivity contribution is 7.92. The molecule has 1 amide bonds. The number of ether oxygens (including phenoxy) is 5. The van der Waals surface area contributed by atoms with E-state index in [4.69, 9.17) is 23.7 Å². The van der Waals surface area contributed by atoms with Crippen molar-refractivity contribution in [3.05, 3.63) is 66.2 Å². The van der Waals surface area contributed by atoms with Crippen molar-refractivity contribution in [1.82, 2.24) is 4.90 Å². The summed E-state index contributed by atoms with van der Waals surface area (Å²) in [5, 5.41) is 0. The average molecular weight is 531 g/mol. The van der Waals surface area contributed by atoms with Crippen LogP contribution >= 0.6 is 0 Å². The highest BCUT2D eigenvalue weighted by atomic mass is 32.2. The molecule has 11 heteroatoms. The molecule has 0 aliphatic rings. The van der Waals surface area contributed by atoms with Gasteiger partial charge in [-0.05, 0) is 54.1 Å². The highest BCUT2D eigenvalue weighted by Crippen LogP contribution is 2.38. The van der Waals surface area contributed by atoms with Gasteiger partial charge in [0.1, 0.15) is 11.5 Å². The quantitative estimate of drug-likeness (QED) is 0.378. The van der Waals surface area contributed by atoms with E-state index in [9.17, 15) is 13.2 Å². The summed E-state index contributed by atoms with van der Waals surface area (Å²) in [4.78, 5) is 14.2. The first-order chi connectivity index (χ1) is 17.7. The van der Waals surface area contributed by atoms with Gasteiger partial charge in [-0.25, -0.2) is 8.42 Å². The van der Waals surface area contributed by atoms with Crippen molar-refractivity contribution in [2.45, 2.75) is 11.4 Å². The summed E-state index contributed by atoms with van der Waals surface area (Å²) < 4.78 is 54.6. The third-order valence-electron chi connectivity index (χ3n) is 5.39. The molecule has 0 atom stereocenters. The summed E-state index contributed by atoms with van der Waals surface area (Å²) in [6.07, 6.45) is 0. The van der Waals surface area contributed by atoms with E-state index in [1.54, 1.807) is 43.4 Å². The van der Waals surface area contributed by atoms with Gasteiger partial charge in [-0.2, -0.15) is 0 Å². The van der Waals surface area contributed by atoms with Crippen LogP contribution < -0.4 is 28.4 Å². The zero-order valence-electron chi connectivity index (χ0n) is 21.3. The molecule has 0 saturated carbocycles. The lowest BCUT2D eigenvalue weighted by molar-refractivity contribution is -0.132. The maximum absolute atomic E-state index is 12.7. The van der Waals surface area contributed by atoms with Crippen LogP contribution in [0.2, 0.25) is 0 Å². The molecule has 0 aliphatic heterocycles. The normalized spacial score (nSPS) is 10.8. The number of rotatable bonds is 12. The fourth-order valence-electron chi connectivity index (χ4n) is 3.46. The molecule has 0 aliphatic carbocycles. The zero-order chi connectivity index (χ0) is 27.0. The van der Waals surface area contributed by atoms with Gasteiger partial charge >= 0.3 is 0 Å². The number of nitrogens with one attached hydrogen (secondary N) is 1. The Hall–Kier alpha value is -4.12. The molecular formula is C26H30N2O8S. The van der Waals surface area contributed by atoms with E-state index in [1.165, 1.54) is 57.6 Å². The van der Waals surface area contributed by atoms with Crippen LogP contribution in [-0.4, -0.2) is 61.3 Å². The maximum Gasteiger partial charge on any atom is 0.261 e. The number of hydrogen-bond donors (Lipinski definition) is 1. The molecule has 10 nitrogen and oxygen atoms in total. The number of methoxy groups -OCH3 is 4. The first-order valence-corrected chi connectivity index (χ1v) is 12.6. The van der Waals surface area contributed by atoms with Gasteiger partial charge in [0, 0.05) is 19.7 Å². The lowest BCUT2D eigenvalue weighted by atomic mass is 10.1. The van der Waals surface area contributed by atoms with Crippen LogP contribution in [0.15, 0.2) is 65.6 Å². The van der Waals surface area contributed by atoms with E-state index in [2.05, 4.69) is 4.72 Å². The Bertz CT molecular complexity index is 1300. The molecule has 198 valence electrons. The Morgan fingerprint density at radius 2 is 1.49 bits per heavy atom. The molecule has 0 radical (unpaired) electrons. The summed E-state index contributed by atoms with van der Waals surface area (Å²) in [5.41, 5.74) is 1.16. The van der Waals surface area contributed by atoms with Gasteiger partial charge in [0.15, 0.2) is 18.1 Å². The molecular weight excluding hydrogens is 500 g/mol. The van der Waals surface area contributed by atoms with Crippen molar-refractivity contribution < 1.29 is 36.9 Å². The van der Waals surface area contributed by atoms with Gasteiger partial charge in [0.05, 0.1) is 39.0 Å². The van der Waals surface area contributed by atoms with Gasteiger partial charge in [0.25, 0.3) is 15.9 Å². The zero-order valence-corrected chi connectivity index (χ0v) is 22.1. The molecule has 3 aromatic rings. The molecule has 0 heterocycles. The van der Waals surface area contributed by atoms with Crippen LogP contribution in [0.4, 0.5) is 5.69 Å². The van der Waals surface area contributed by atoms with Crippen LogP contribution in [-0.2, 0) is 21.4 Å². The van der Waals surface area contributed by atoms with Crippen molar-refractivity contribution in [1.29, 1.82) is 0 Å². The Kier molecular flexibility index (Phi) is 9.07. The van der Waals surface area contributed by atoms with Crippen molar-refractivity contribution in [2.75, 3.05) is 46.8 Å². The van der Waals surface area contributed by atoms with E-state index >= 15 is 0 Å². The summed E-state index contributed by atoms with van der Waals surface area (Å²) in [6, 6.07) is 15.9. The van der Waals surface area contributed by atoms with E-state index in [0.29, 0.717) is 34.4 Å². The van der Waals surface area contributed by atoms with Gasteiger partial charge in [-0.1, -0.05) is 6.07 Å². The number of nitrogens with zero attached hydrogens (tertiary/aromatic N) is 1. The van der Waals surface area contributed by atoms with Crippen molar-refractivity contribution in [3.63, 3.8) is 0 Å². The predicted octanol–water partition coefficient (Wildman–Crippen LogP) is 3.56. The Balaban J connectivity index is 1.60. The molecule has 37 heavy (non-hydrogen) atoms. The SMILES string of the molecule is COc1cccc(NS(=O)(=O)c2ccc(OCC(=O)N(C)Cc3cc(OC)c(OC)c(OC)c3)cc2)c1. The number of carbonyl (C=O) groups excluding carboxylic acids is 1. The molecule has 0 unspecified atom stereocenters. The molecule has 0 bridgehead atoms. The summed E-state index contributed by atoms with van der Waals surface area (Å²) in [5.74, 6) is 2.06. The number of carbonyl (C=O) groups is 1. The van der Waals surface area contributed by atoms with Crippen LogP contribution in [0.5, 0.6) is 28.7 Å². The van der Waals surface area contributed by atoms with Gasteiger partial charge in [-0.3, -0.25) is 9.52 Å². The minimum atomic E-state index is -3.82. The third-order valence-corrected chi connectivity index (χ3v) is 6.79. The predicted molar refractivity (Wildman–Crippen MR) is 138 cm³/mol. The van der Waals surface area contributed by atoms with Crippen molar-refractivity contribution in [3.8, 4) is 28.7 Å². The molecule has 0 saturated heterocycles. The standard InChI is InChI=1S/C26H30N2O8S/c1-28(16-18-13-23(33-3)26(35-5)24(14-18)34-4)25(29)17-36-20-9-11-22(12-10-20)37(30,31)27-19-7-6-8-21(15-19)32-2/h6-15,27H,16-17H2,1-5H3. The summed E-state index contributed by atoms with van der Waals surface area (Å²) in [7, 11) is 3.90. The van der Waals surface area contributed by atoms with Crippen LogP contribution in [0.25, 0.3) is 0 Å². The van der Waals surface area contributed by atoms with E-state index in [1.807, 2.05) is 0 Å². The minimum Gasteiger partial charge on any atom is -0.497 e. The number of hydrogen-bond acceptors (Lipinski definition) is 8. The Morgan fingerprint density at radius 3 is 2.05 bits per heavy atom. The fraction of sp³-hybridized carbons (Fsp3) is 0.269. The first kappa shape index (κ1) is 27.5. The average Bonchev–Trinajstić information content (AvgIpc) is 2.91. The highest BCUT2D eigenvalue weighted by Gasteiger charge is 2.17. The molecule has 0 fully saturated rings. The molecule has 3 rings (SSSR count). The Morgan fingerprint density at radius 1 is 0.838 bits per heavy atom.